The van der Waals surface area contributed by atoms with Gasteiger partial charge in [-0.15, -0.1) is 0 Å². The van der Waals surface area contributed by atoms with Crippen molar-refractivity contribution in [2.75, 3.05) is 0 Å². The minimum atomic E-state index is -2.09. The summed E-state index contributed by atoms with van der Waals surface area (Å²) < 4.78 is 51.9. The Labute approximate surface area is 99.9 Å². The van der Waals surface area contributed by atoms with Crippen molar-refractivity contribution < 1.29 is 27.2 Å². The van der Waals surface area contributed by atoms with Gasteiger partial charge >= 0.3 is 0 Å². The smallest absolute Gasteiger partial charge is 0.199 e. The minimum absolute atomic E-state index is 0.225. The van der Waals surface area contributed by atoms with Gasteiger partial charge in [0.2, 0.25) is 0 Å². The van der Waals surface area contributed by atoms with E-state index in [-0.39, 0.29) is 6.07 Å². The second-order valence-corrected chi connectivity index (χ2v) is 3.44. The summed E-state index contributed by atoms with van der Waals surface area (Å²) in [5.41, 5.74) is -1.45. The van der Waals surface area contributed by atoms with Crippen LogP contribution in [0.1, 0.15) is 24.2 Å². The van der Waals surface area contributed by atoms with Crippen LogP contribution in [0, 0.1) is 23.3 Å². The molecule has 0 fully saturated rings. The molecule has 0 aliphatic rings. The van der Waals surface area contributed by atoms with Crippen LogP contribution in [-0.4, -0.2) is 11.6 Å². The van der Waals surface area contributed by atoms with E-state index in [9.17, 15) is 27.2 Å². The van der Waals surface area contributed by atoms with Gasteiger partial charge in [0.1, 0.15) is 0 Å². The van der Waals surface area contributed by atoms with Crippen LogP contribution in [-0.2, 0) is 4.79 Å². The van der Waals surface area contributed by atoms with Crippen LogP contribution in [0.4, 0.5) is 17.6 Å². The molecule has 1 aromatic rings. The zero-order valence-electron chi connectivity index (χ0n) is 9.48. The molecular formula is C12H8F4O2. The monoisotopic (exact) mass is 260 g/mol. The lowest BCUT2D eigenvalue weighted by atomic mass is 9.99. The van der Waals surface area contributed by atoms with Crippen LogP contribution in [0.15, 0.2) is 17.7 Å². The molecule has 0 spiro atoms. The lowest BCUT2D eigenvalue weighted by Crippen LogP contribution is -2.14. The number of ketones is 2. The van der Waals surface area contributed by atoms with Gasteiger partial charge in [-0.2, -0.15) is 0 Å². The second-order valence-electron chi connectivity index (χ2n) is 3.44. The number of hydrogen-bond donors (Lipinski definition) is 0. The average Bonchev–Trinajstić information content (AvgIpc) is 2.31. The molecule has 6 heteroatoms. The van der Waals surface area contributed by atoms with Gasteiger partial charge in [-0.25, -0.2) is 17.6 Å². The number of hydrogen-bond acceptors (Lipinski definition) is 2. The van der Waals surface area contributed by atoms with Gasteiger partial charge in [0.25, 0.3) is 0 Å². The first kappa shape index (κ1) is 14.1. The zero-order valence-corrected chi connectivity index (χ0v) is 9.48. The molecule has 1 rings (SSSR count). The van der Waals surface area contributed by atoms with Gasteiger partial charge in [0, 0.05) is 0 Å². The van der Waals surface area contributed by atoms with Crippen molar-refractivity contribution in [3.63, 3.8) is 0 Å². The Morgan fingerprint density at radius 2 is 1.61 bits per heavy atom. The zero-order chi connectivity index (χ0) is 14.0. The number of carbonyl (C=O) groups is 2. The van der Waals surface area contributed by atoms with Gasteiger partial charge in [-0.3, -0.25) is 9.59 Å². The van der Waals surface area contributed by atoms with Crippen LogP contribution >= 0.6 is 0 Å². The summed E-state index contributed by atoms with van der Waals surface area (Å²) in [5, 5.41) is 0. The maximum Gasteiger partial charge on any atom is 0.199 e. The molecule has 0 heterocycles. The highest BCUT2D eigenvalue weighted by Gasteiger charge is 2.25. The number of allylic oxidation sites excluding steroid dienone is 2. The SMILES string of the molecule is C/C=C(\C(C)=O)C(=O)c1cc(F)c(F)c(F)c1F. The lowest BCUT2D eigenvalue weighted by molar-refractivity contribution is -0.113. The summed E-state index contributed by atoms with van der Waals surface area (Å²) >= 11 is 0. The Morgan fingerprint density at radius 3 is 2.06 bits per heavy atom. The van der Waals surface area contributed by atoms with Crippen molar-refractivity contribution in [2.24, 2.45) is 0 Å². The molecule has 0 saturated heterocycles. The Morgan fingerprint density at radius 1 is 1.06 bits per heavy atom. The highest BCUT2D eigenvalue weighted by molar-refractivity contribution is 6.25. The number of carbonyl (C=O) groups excluding carboxylic acids is 2. The van der Waals surface area contributed by atoms with E-state index >= 15 is 0 Å². The summed E-state index contributed by atoms with van der Waals surface area (Å²) in [6.07, 6.45) is 1.09. The number of benzene rings is 1. The molecule has 0 atom stereocenters. The third-order valence-corrected chi connectivity index (χ3v) is 2.26. The molecule has 0 saturated carbocycles. The number of Topliss-reactive ketones (excluding diaryl/α,β-unsaturated/α-hetero) is 2. The van der Waals surface area contributed by atoms with Crippen LogP contribution < -0.4 is 0 Å². The summed E-state index contributed by atoms with van der Waals surface area (Å²) in [4.78, 5) is 22.7. The van der Waals surface area contributed by atoms with E-state index in [2.05, 4.69) is 0 Å². The summed E-state index contributed by atoms with van der Waals surface area (Å²) in [7, 11) is 0. The third kappa shape index (κ3) is 2.32. The van der Waals surface area contributed by atoms with Crippen molar-refractivity contribution in [3.8, 4) is 0 Å². The quantitative estimate of drug-likeness (QED) is 0.159. The molecule has 96 valence electrons. The van der Waals surface area contributed by atoms with Crippen LogP contribution in [0.25, 0.3) is 0 Å². The van der Waals surface area contributed by atoms with E-state index in [4.69, 9.17) is 0 Å². The highest BCUT2D eigenvalue weighted by atomic mass is 19.2. The predicted molar refractivity (Wildman–Crippen MR) is 55.0 cm³/mol. The summed E-state index contributed by atoms with van der Waals surface area (Å²) in [6, 6.07) is 0.225. The fourth-order valence-electron chi connectivity index (χ4n) is 1.38. The molecule has 0 amide bonds. The molecule has 0 radical (unpaired) electrons. The van der Waals surface area contributed by atoms with E-state index in [1.807, 2.05) is 0 Å². The number of halogens is 4. The molecule has 1 aromatic carbocycles. The third-order valence-electron chi connectivity index (χ3n) is 2.26. The van der Waals surface area contributed by atoms with Crippen molar-refractivity contribution in [1.29, 1.82) is 0 Å². The van der Waals surface area contributed by atoms with E-state index in [0.29, 0.717) is 0 Å². The largest absolute Gasteiger partial charge is 0.294 e. The van der Waals surface area contributed by atoms with Crippen LogP contribution in [0.3, 0.4) is 0 Å². The van der Waals surface area contributed by atoms with E-state index in [1.54, 1.807) is 0 Å². The van der Waals surface area contributed by atoms with Gasteiger partial charge in [0.05, 0.1) is 11.1 Å². The fourth-order valence-corrected chi connectivity index (χ4v) is 1.38. The first-order valence-electron chi connectivity index (χ1n) is 4.86. The average molecular weight is 260 g/mol. The summed E-state index contributed by atoms with van der Waals surface area (Å²) in [5.74, 6) is -9.49. The Bertz CT molecular complexity index is 562. The molecule has 0 aliphatic carbocycles. The second kappa shape index (κ2) is 5.12. The topological polar surface area (TPSA) is 34.1 Å². The van der Waals surface area contributed by atoms with Gasteiger partial charge < -0.3 is 0 Å². The van der Waals surface area contributed by atoms with E-state index in [1.165, 1.54) is 6.92 Å². The standard InChI is InChI=1S/C12H8F4O2/c1-3-6(5(2)17)12(18)7-4-8(13)10(15)11(16)9(7)14/h3-4H,1-2H3/b6-3+. The van der Waals surface area contributed by atoms with Gasteiger partial charge in [0.15, 0.2) is 34.8 Å². The Balaban J connectivity index is 3.44. The number of rotatable bonds is 3. The minimum Gasteiger partial charge on any atom is -0.294 e. The molecule has 0 bridgehead atoms. The molecule has 18 heavy (non-hydrogen) atoms. The normalized spacial score (nSPS) is 11.6. The molecule has 0 N–H and O–H groups in total. The Kier molecular flexibility index (Phi) is 4.00. The highest BCUT2D eigenvalue weighted by Crippen LogP contribution is 2.21. The first-order valence-corrected chi connectivity index (χ1v) is 4.86. The van der Waals surface area contributed by atoms with Gasteiger partial charge in [-0.1, -0.05) is 6.08 Å². The van der Waals surface area contributed by atoms with E-state index in [0.717, 1.165) is 13.0 Å². The van der Waals surface area contributed by atoms with Crippen molar-refractivity contribution in [3.05, 3.63) is 46.5 Å². The maximum atomic E-state index is 13.3. The fraction of sp³-hybridized carbons (Fsp3) is 0.167. The summed E-state index contributed by atoms with van der Waals surface area (Å²) in [6.45, 7) is 2.38. The predicted octanol–water partition coefficient (Wildman–Crippen LogP) is 2.96. The van der Waals surface area contributed by atoms with Crippen molar-refractivity contribution >= 4 is 11.6 Å². The van der Waals surface area contributed by atoms with Crippen molar-refractivity contribution in [1.82, 2.24) is 0 Å². The molecule has 0 aliphatic heterocycles. The lowest BCUT2D eigenvalue weighted by Gasteiger charge is -2.06. The molecular weight excluding hydrogens is 252 g/mol. The first-order chi connectivity index (χ1) is 8.31. The van der Waals surface area contributed by atoms with Crippen molar-refractivity contribution in [2.45, 2.75) is 13.8 Å². The molecule has 0 aromatic heterocycles. The molecule has 2 nitrogen and oxygen atoms in total. The Hall–Kier alpha value is -1.98. The molecule has 0 unspecified atom stereocenters. The van der Waals surface area contributed by atoms with E-state index < -0.39 is 46.0 Å². The maximum absolute atomic E-state index is 13.3. The van der Waals surface area contributed by atoms with Crippen LogP contribution in [0.5, 0.6) is 0 Å². The van der Waals surface area contributed by atoms with Crippen LogP contribution in [0.2, 0.25) is 0 Å². The van der Waals surface area contributed by atoms with Gasteiger partial charge in [-0.05, 0) is 19.9 Å².